The van der Waals surface area contributed by atoms with Gasteiger partial charge in [0, 0.05) is 7.05 Å². The summed E-state index contributed by atoms with van der Waals surface area (Å²) in [5, 5.41) is 19.9. The molecule has 5 nitrogen and oxygen atoms in total. The number of hydrogen-bond acceptors (Lipinski definition) is 4. The molecule has 2 rings (SSSR count). The Bertz CT molecular complexity index is 532. The molecule has 0 spiro atoms. The number of nitriles is 1. The van der Waals surface area contributed by atoms with Gasteiger partial charge in [-0.05, 0) is 19.1 Å². The Morgan fingerprint density at radius 1 is 1.25 bits per heavy atom. The van der Waals surface area contributed by atoms with E-state index in [-0.39, 0.29) is 0 Å². The van der Waals surface area contributed by atoms with E-state index >= 15 is 0 Å². The summed E-state index contributed by atoms with van der Waals surface area (Å²) in [4.78, 5) is 1.45. The summed E-state index contributed by atoms with van der Waals surface area (Å²) < 4.78 is 0. The lowest BCUT2D eigenvalue weighted by atomic mass is 10.2. The number of rotatable bonds is 2. The van der Waals surface area contributed by atoms with Crippen molar-refractivity contribution in [3.8, 4) is 11.8 Å². The normalized spacial score (nSPS) is 9.81. The van der Waals surface area contributed by atoms with E-state index in [0.717, 1.165) is 5.69 Å². The van der Waals surface area contributed by atoms with Crippen LogP contribution in [-0.2, 0) is 0 Å². The van der Waals surface area contributed by atoms with E-state index in [4.69, 9.17) is 5.26 Å². The molecule has 0 atom stereocenters. The Balaban J connectivity index is 2.45. The molecule has 0 unspecified atom stereocenters. The topological polar surface area (TPSA) is 66.5 Å². The van der Waals surface area contributed by atoms with E-state index in [1.54, 1.807) is 7.05 Å². The zero-order chi connectivity index (χ0) is 11.5. The second kappa shape index (κ2) is 4.03. The van der Waals surface area contributed by atoms with Gasteiger partial charge in [0.1, 0.15) is 6.07 Å². The van der Waals surface area contributed by atoms with Crippen molar-refractivity contribution in [2.45, 2.75) is 6.92 Å². The van der Waals surface area contributed by atoms with Crippen LogP contribution in [0.3, 0.4) is 0 Å². The molecule has 1 aromatic carbocycles. The van der Waals surface area contributed by atoms with Gasteiger partial charge in [0.15, 0.2) is 5.82 Å². The van der Waals surface area contributed by atoms with Crippen molar-refractivity contribution in [1.29, 1.82) is 5.26 Å². The van der Waals surface area contributed by atoms with Crippen molar-refractivity contribution < 1.29 is 0 Å². The monoisotopic (exact) mass is 213 g/mol. The number of aryl methyl sites for hydroxylation is 1. The van der Waals surface area contributed by atoms with Gasteiger partial charge in [0.05, 0.1) is 5.69 Å². The Morgan fingerprint density at radius 3 is 2.44 bits per heavy atom. The molecular formula is C11H11N5. The van der Waals surface area contributed by atoms with Crippen LogP contribution in [-0.4, -0.2) is 22.0 Å². The minimum Gasteiger partial charge on any atom is -0.369 e. The summed E-state index contributed by atoms with van der Waals surface area (Å²) in [5.74, 6) is 0.489. The summed E-state index contributed by atoms with van der Waals surface area (Å²) in [6.07, 6.45) is 0. The van der Waals surface area contributed by atoms with E-state index in [0.29, 0.717) is 11.5 Å². The maximum Gasteiger partial charge on any atom is 0.207 e. The fourth-order valence-corrected chi connectivity index (χ4v) is 1.34. The van der Waals surface area contributed by atoms with Gasteiger partial charge in [-0.25, -0.2) is 0 Å². The maximum absolute atomic E-state index is 8.85. The highest BCUT2D eigenvalue weighted by Gasteiger charge is 2.09. The van der Waals surface area contributed by atoms with Crippen LogP contribution < -0.4 is 5.32 Å². The number of aromatic nitrogens is 3. The molecule has 2 aromatic rings. The first-order valence-electron chi connectivity index (χ1n) is 4.87. The van der Waals surface area contributed by atoms with Gasteiger partial charge in [-0.2, -0.15) is 5.26 Å². The summed E-state index contributed by atoms with van der Waals surface area (Å²) in [6, 6.07) is 9.77. The van der Waals surface area contributed by atoms with E-state index in [1.807, 2.05) is 37.3 Å². The molecule has 0 radical (unpaired) electrons. The lowest BCUT2D eigenvalue weighted by Crippen LogP contribution is -1.99. The summed E-state index contributed by atoms with van der Waals surface area (Å²) in [7, 11) is 1.71. The van der Waals surface area contributed by atoms with Gasteiger partial charge >= 0.3 is 0 Å². The summed E-state index contributed by atoms with van der Waals surface area (Å²) >= 11 is 0. The Hall–Kier alpha value is -2.35. The predicted molar refractivity (Wildman–Crippen MR) is 60.4 cm³/mol. The van der Waals surface area contributed by atoms with Gasteiger partial charge in [0.25, 0.3) is 0 Å². The van der Waals surface area contributed by atoms with Crippen molar-refractivity contribution in [2.75, 3.05) is 12.4 Å². The molecule has 0 aliphatic heterocycles. The van der Waals surface area contributed by atoms with E-state index in [1.165, 1.54) is 10.4 Å². The minimum atomic E-state index is 0.295. The molecule has 0 saturated heterocycles. The molecule has 1 aromatic heterocycles. The number of anilines is 1. The van der Waals surface area contributed by atoms with Gasteiger partial charge < -0.3 is 5.32 Å². The van der Waals surface area contributed by atoms with Crippen LogP contribution in [0.5, 0.6) is 0 Å². The highest BCUT2D eigenvalue weighted by molar-refractivity contribution is 5.47. The summed E-state index contributed by atoms with van der Waals surface area (Å²) in [6.45, 7) is 2.01. The van der Waals surface area contributed by atoms with Crippen LogP contribution >= 0.6 is 0 Å². The minimum absolute atomic E-state index is 0.295. The molecule has 0 fully saturated rings. The van der Waals surface area contributed by atoms with E-state index < -0.39 is 0 Å². The van der Waals surface area contributed by atoms with Crippen LogP contribution in [0.25, 0.3) is 5.69 Å². The van der Waals surface area contributed by atoms with Crippen LogP contribution in [0.4, 0.5) is 5.82 Å². The van der Waals surface area contributed by atoms with E-state index in [2.05, 4.69) is 15.5 Å². The van der Waals surface area contributed by atoms with Gasteiger partial charge in [0.2, 0.25) is 5.69 Å². The third-order valence-corrected chi connectivity index (χ3v) is 2.22. The molecule has 0 aliphatic rings. The smallest absolute Gasteiger partial charge is 0.207 e. The molecule has 80 valence electrons. The first kappa shape index (κ1) is 10.2. The highest BCUT2D eigenvalue weighted by Crippen LogP contribution is 2.12. The van der Waals surface area contributed by atoms with Crippen molar-refractivity contribution >= 4 is 5.82 Å². The van der Waals surface area contributed by atoms with Gasteiger partial charge in [-0.3, -0.25) is 0 Å². The molecule has 1 N–H and O–H groups in total. The third-order valence-electron chi connectivity index (χ3n) is 2.22. The van der Waals surface area contributed by atoms with Crippen molar-refractivity contribution in [3.05, 3.63) is 35.5 Å². The number of nitrogens with zero attached hydrogens (tertiary/aromatic N) is 4. The average Bonchev–Trinajstić information content (AvgIpc) is 2.73. The van der Waals surface area contributed by atoms with Crippen molar-refractivity contribution in [2.24, 2.45) is 0 Å². The van der Waals surface area contributed by atoms with Crippen LogP contribution in [0.15, 0.2) is 24.3 Å². The molecule has 5 heteroatoms. The molecule has 0 aliphatic carbocycles. The van der Waals surface area contributed by atoms with Crippen molar-refractivity contribution in [3.63, 3.8) is 0 Å². The molecule has 0 amide bonds. The van der Waals surface area contributed by atoms with Crippen LogP contribution in [0.1, 0.15) is 11.3 Å². The zero-order valence-electron chi connectivity index (χ0n) is 9.10. The van der Waals surface area contributed by atoms with Gasteiger partial charge in [-0.15, -0.1) is 15.0 Å². The largest absolute Gasteiger partial charge is 0.369 e. The molecule has 1 heterocycles. The second-order valence-electron chi connectivity index (χ2n) is 3.38. The van der Waals surface area contributed by atoms with Gasteiger partial charge in [-0.1, -0.05) is 17.7 Å². The molecule has 16 heavy (non-hydrogen) atoms. The maximum atomic E-state index is 8.85. The highest BCUT2D eigenvalue weighted by atomic mass is 15.5. The van der Waals surface area contributed by atoms with Crippen LogP contribution in [0.2, 0.25) is 0 Å². The Kier molecular flexibility index (Phi) is 2.56. The second-order valence-corrected chi connectivity index (χ2v) is 3.38. The standard InChI is InChI=1S/C11H11N5/c1-8-3-5-9(6-4-8)16-14-10(7-12)11(13-2)15-16/h3-6H,1-2H3,(H,13,15). The van der Waals surface area contributed by atoms with Crippen molar-refractivity contribution in [1.82, 2.24) is 15.0 Å². The van der Waals surface area contributed by atoms with E-state index in [9.17, 15) is 0 Å². The third kappa shape index (κ3) is 1.73. The Morgan fingerprint density at radius 2 is 1.94 bits per heavy atom. The Labute approximate surface area is 93.3 Å². The lowest BCUT2D eigenvalue weighted by Gasteiger charge is -1.98. The fourth-order valence-electron chi connectivity index (χ4n) is 1.34. The number of benzene rings is 1. The fraction of sp³-hybridized carbons (Fsp3) is 0.182. The zero-order valence-corrected chi connectivity index (χ0v) is 9.10. The number of nitrogens with one attached hydrogen (secondary N) is 1. The first-order valence-corrected chi connectivity index (χ1v) is 4.87. The number of hydrogen-bond donors (Lipinski definition) is 1. The lowest BCUT2D eigenvalue weighted by molar-refractivity contribution is 0.750. The first-order chi connectivity index (χ1) is 7.74. The predicted octanol–water partition coefficient (Wildman–Crippen LogP) is 1.49. The quantitative estimate of drug-likeness (QED) is 0.820. The molecule has 0 bridgehead atoms. The molecular weight excluding hydrogens is 202 g/mol. The molecule has 0 saturated carbocycles. The SMILES string of the molecule is CNc1nn(-c2ccc(C)cc2)nc1C#N. The average molecular weight is 213 g/mol. The van der Waals surface area contributed by atoms with Crippen LogP contribution in [0, 0.1) is 18.3 Å². The summed E-state index contributed by atoms with van der Waals surface area (Å²) in [5.41, 5.74) is 2.30.